The maximum atomic E-state index is 11.7. The van der Waals surface area contributed by atoms with Crippen LogP contribution in [-0.2, 0) is 11.3 Å². The third-order valence-corrected chi connectivity index (χ3v) is 3.00. The molecule has 0 aliphatic carbocycles. The number of amides is 1. The summed E-state index contributed by atoms with van der Waals surface area (Å²) < 4.78 is 0. The number of hydrogen-bond donors (Lipinski definition) is 3. The van der Waals surface area contributed by atoms with Gasteiger partial charge in [-0.25, -0.2) is 0 Å². The van der Waals surface area contributed by atoms with E-state index in [2.05, 4.69) is 15.6 Å². The van der Waals surface area contributed by atoms with Crippen LogP contribution in [0.4, 0.5) is 5.69 Å². The van der Waals surface area contributed by atoms with Crippen molar-refractivity contribution in [1.29, 1.82) is 0 Å². The van der Waals surface area contributed by atoms with Crippen LogP contribution in [0.2, 0.25) is 0 Å². The summed E-state index contributed by atoms with van der Waals surface area (Å²) in [5.41, 5.74) is 7.71. The molecule has 0 aromatic heterocycles. The number of para-hydroxylation sites is 1. The molecule has 0 saturated carbocycles. The molecule has 0 bridgehead atoms. The fraction of sp³-hybridized carbons (Fsp3) is 0.176. The van der Waals surface area contributed by atoms with Crippen molar-refractivity contribution >= 4 is 17.6 Å². The fourth-order valence-corrected chi connectivity index (χ4v) is 1.87. The third kappa shape index (κ3) is 5.66. The molecule has 0 atom stereocenters. The summed E-state index contributed by atoms with van der Waals surface area (Å²) in [7, 11) is 0. The van der Waals surface area contributed by atoms with Gasteiger partial charge in [-0.3, -0.25) is 9.79 Å². The smallest absolute Gasteiger partial charge is 0.222 e. The standard InChI is InChI=1S/C17H20N4O/c18-17(21-15-9-5-2-6-10-15)19-12-11-16(22)20-13-14-7-3-1-4-8-14/h1-10H,11-13H2,(H,20,22)(H3,18,19,21). The maximum Gasteiger partial charge on any atom is 0.222 e. The first-order chi connectivity index (χ1) is 10.7. The molecule has 1 amide bonds. The van der Waals surface area contributed by atoms with E-state index in [1.54, 1.807) is 0 Å². The molecule has 114 valence electrons. The lowest BCUT2D eigenvalue weighted by molar-refractivity contribution is -0.121. The quantitative estimate of drug-likeness (QED) is 0.564. The van der Waals surface area contributed by atoms with Gasteiger partial charge in [-0.2, -0.15) is 0 Å². The molecule has 0 heterocycles. The van der Waals surface area contributed by atoms with Crippen molar-refractivity contribution in [2.24, 2.45) is 10.7 Å². The summed E-state index contributed by atoms with van der Waals surface area (Å²) in [5.74, 6) is 0.266. The Balaban J connectivity index is 1.68. The van der Waals surface area contributed by atoms with E-state index in [-0.39, 0.29) is 5.91 Å². The van der Waals surface area contributed by atoms with Crippen LogP contribution in [0.15, 0.2) is 65.7 Å². The monoisotopic (exact) mass is 296 g/mol. The van der Waals surface area contributed by atoms with Gasteiger partial charge < -0.3 is 16.4 Å². The van der Waals surface area contributed by atoms with Gasteiger partial charge in [-0.1, -0.05) is 48.5 Å². The zero-order chi connectivity index (χ0) is 15.6. The number of nitrogens with zero attached hydrogens (tertiary/aromatic N) is 1. The Kier molecular flexibility index (Phi) is 5.99. The van der Waals surface area contributed by atoms with Crippen molar-refractivity contribution in [1.82, 2.24) is 5.32 Å². The van der Waals surface area contributed by atoms with Gasteiger partial charge in [0.25, 0.3) is 0 Å². The van der Waals surface area contributed by atoms with Crippen molar-refractivity contribution in [2.45, 2.75) is 13.0 Å². The third-order valence-electron chi connectivity index (χ3n) is 3.00. The first-order valence-electron chi connectivity index (χ1n) is 7.16. The Morgan fingerprint density at radius 1 is 1.00 bits per heavy atom. The topological polar surface area (TPSA) is 79.5 Å². The van der Waals surface area contributed by atoms with Crippen LogP contribution in [0.3, 0.4) is 0 Å². The molecule has 5 heteroatoms. The molecular weight excluding hydrogens is 276 g/mol. The Morgan fingerprint density at radius 3 is 2.32 bits per heavy atom. The van der Waals surface area contributed by atoms with Crippen LogP contribution in [0.1, 0.15) is 12.0 Å². The van der Waals surface area contributed by atoms with Gasteiger partial charge in [0.1, 0.15) is 0 Å². The van der Waals surface area contributed by atoms with Crippen LogP contribution in [-0.4, -0.2) is 18.4 Å². The van der Waals surface area contributed by atoms with Crippen molar-refractivity contribution in [3.05, 3.63) is 66.2 Å². The second kappa shape index (κ2) is 8.46. The highest BCUT2D eigenvalue weighted by Gasteiger charge is 2.01. The van der Waals surface area contributed by atoms with Gasteiger partial charge in [0.05, 0.1) is 6.54 Å². The molecular formula is C17H20N4O. The van der Waals surface area contributed by atoms with E-state index < -0.39 is 0 Å². The minimum absolute atomic E-state index is 0.0416. The lowest BCUT2D eigenvalue weighted by Crippen LogP contribution is -2.25. The molecule has 0 fully saturated rings. The SMILES string of the molecule is NC(=NCCC(=O)NCc1ccccc1)Nc1ccccc1. The number of hydrogen-bond acceptors (Lipinski definition) is 2. The Bertz CT molecular complexity index is 611. The van der Waals surface area contributed by atoms with Gasteiger partial charge in [0.2, 0.25) is 5.91 Å². The number of aliphatic imine (C=N–C) groups is 1. The van der Waals surface area contributed by atoms with Gasteiger partial charge in [0.15, 0.2) is 5.96 Å². The lowest BCUT2D eigenvalue weighted by Gasteiger charge is -2.06. The van der Waals surface area contributed by atoms with E-state index in [9.17, 15) is 4.79 Å². The highest BCUT2D eigenvalue weighted by molar-refractivity contribution is 5.92. The number of rotatable bonds is 6. The van der Waals surface area contributed by atoms with Crippen LogP contribution in [0.5, 0.6) is 0 Å². The molecule has 0 unspecified atom stereocenters. The first-order valence-corrected chi connectivity index (χ1v) is 7.16. The lowest BCUT2D eigenvalue weighted by atomic mass is 10.2. The Morgan fingerprint density at radius 2 is 1.64 bits per heavy atom. The zero-order valence-corrected chi connectivity index (χ0v) is 12.3. The average Bonchev–Trinajstić information content (AvgIpc) is 2.55. The predicted octanol–water partition coefficient (Wildman–Crippen LogP) is 2.12. The number of anilines is 1. The van der Waals surface area contributed by atoms with Crippen LogP contribution >= 0.6 is 0 Å². The summed E-state index contributed by atoms with van der Waals surface area (Å²) in [4.78, 5) is 15.9. The molecule has 22 heavy (non-hydrogen) atoms. The predicted molar refractivity (Wildman–Crippen MR) is 89.5 cm³/mol. The molecule has 4 N–H and O–H groups in total. The number of guanidine groups is 1. The number of carbonyl (C=O) groups excluding carboxylic acids is 1. The minimum Gasteiger partial charge on any atom is -0.370 e. The summed E-state index contributed by atoms with van der Waals surface area (Å²) >= 11 is 0. The van der Waals surface area contributed by atoms with Gasteiger partial charge in [-0.05, 0) is 17.7 Å². The van der Waals surface area contributed by atoms with E-state index in [1.807, 2.05) is 60.7 Å². The second-order valence-corrected chi connectivity index (χ2v) is 4.77. The number of nitrogens with one attached hydrogen (secondary N) is 2. The van der Waals surface area contributed by atoms with Crippen LogP contribution < -0.4 is 16.4 Å². The van der Waals surface area contributed by atoms with Crippen molar-refractivity contribution < 1.29 is 4.79 Å². The van der Waals surface area contributed by atoms with E-state index >= 15 is 0 Å². The van der Waals surface area contributed by atoms with Gasteiger partial charge >= 0.3 is 0 Å². The second-order valence-electron chi connectivity index (χ2n) is 4.77. The molecule has 0 aliphatic heterocycles. The molecule has 2 aromatic rings. The highest BCUT2D eigenvalue weighted by Crippen LogP contribution is 2.03. The normalized spacial score (nSPS) is 11.0. The average molecular weight is 296 g/mol. The van der Waals surface area contributed by atoms with E-state index in [0.29, 0.717) is 25.5 Å². The molecule has 0 spiro atoms. The van der Waals surface area contributed by atoms with E-state index in [4.69, 9.17) is 5.73 Å². The van der Waals surface area contributed by atoms with Crippen molar-refractivity contribution in [2.75, 3.05) is 11.9 Å². The van der Waals surface area contributed by atoms with Crippen LogP contribution in [0.25, 0.3) is 0 Å². The van der Waals surface area contributed by atoms with Crippen molar-refractivity contribution in [3.8, 4) is 0 Å². The number of carbonyl (C=O) groups is 1. The molecule has 0 saturated heterocycles. The summed E-state index contributed by atoms with van der Waals surface area (Å²) in [6, 6.07) is 19.3. The molecule has 2 aromatic carbocycles. The Hall–Kier alpha value is -2.82. The summed E-state index contributed by atoms with van der Waals surface area (Å²) in [6.45, 7) is 0.882. The largest absolute Gasteiger partial charge is 0.370 e. The highest BCUT2D eigenvalue weighted by atomic mass is 16.1. The van der Waals surface area contributed by atoms with Crippen LogP contribution in [0, 0.1) is 0 Å². The maximum absolute atomic E-state index is 11.7. The fourth-order valence-electron chi connectivity index (χ4n) is 1.87. The molecule has 5 nitrogen and oxygen atoms in total. The van der Waals surface area contributed by atoms with Gasteiger partial charge in [0, 0.05) is 18.7 Å². The van der Waals surface area contributed by atoms with E-state index in [1.165, 1.54) is 0 Å². The molecule has 0 aliphatic rings. The van der Waals surface area contributed by atoms with Gasteiger partial charge in [-0.15, -0.1) is 0 Å². The van der Waals surface area contributed by atoms with E-state index in [0.717, 1.165) is 11.3 Å². The summed E-state index contributed by atoms with van der Waals surface area (Å²) in [5, 5.41) is 5.82. The summed E-state index contributed by atoms with van der Waals surface area (Å²) in [6.07, 6.45) is 0.310. The number of benzene rings is 2. The zero-order valence-electron chi connectivity index (χ0n) is 12.3. The van der Waals surface area contributed by atoms with Crippen molar-refractivity contribution in [3.63, 3.8) is 0 Å². The Labute approximate surface area is 130 Å². The minimum atomic E-state index is -0.0416. The number of nitrogens with two attached hydrogens (primary N) is 1. The molecule has 2 rings (SSSR count). The first kappa shape index (κ1) is 15.6. The molecule has 0 radical (unpaired) electrons.